The van der Waals surface area contributed by atoms with E-state index in [4.69, 9.17) is 9.73 Å². The fraction of sp³-hybridized carbons (Fsp3) is 0.500. The van der Waals surface area contributed by atoms with E-state index in [2.05, 4.69) is 51.2 Å². The Kier molecular flexibility index (Phi) is 9.20. The van der Waals surface area contributed by atoms with Crippen molar-refractivity contribution in [1.29, 1.82) is 0 Å². The van der Waals surface area contributed by atoms with Crippen LogP contribution >= 0.6 is 24.0 Å². The summed E-state index contributed by atoms with van der Waals surface area (Å²) >= 11 is 0. The third-order valence-electron chi connectivity index (χ3n) is 4.58. The van der Waals surface area contributed by atoms with Gasteiger partial charge in [-0.25, -0.2) is 4.98 Å². The summed E-state index contributed by atoms with van der Waals surface area (Å²) in [6.07, 6.45) is 2.04. The number of ether oxygens (including phenoxy) is 1. The summed E-state index contributed by atoms with van der Waals surface area (Å²) in [6, 6.07) is 10.2. The van der Waals surface area contributed by atoms with E-state index in [0.717, 1.165) is 49.3 Å². The van der Waals surface area contributed by atoms with Gasteiger partial charge in [-0.2, -0.15) is 0 Å². The first-order chi connectivity index (χ1) is 13.2. The molecule has 2 heterocycles. The Morgan fingerprint density at radius 2 is 2.18 bits per heavy atom. The second kappa shape index (κ2) is 11.4. The topological polar surface area (TPSA) is 68.8 Å². The maximum atomic E-state index is 5.81. The number of imidazole rings is 1. The molecule has 7 nitrogen and oxygen atoms in total. The predicted molar refractivity (Wildman–Crippen MR) is 124 cm³/mol. The minimum Gasteiger partial charge on any atom is -0.374 e. The van der Waals surface area contributed by atoms with Gasteiger partial charge in [-0.3, -0.25) is 4.99 Å². The maximum absolute atomic E-state index is 5.81. The van der Waals surface area contributed by atoms with Crippen molar-refractivity contribution >= 4 is 29.9 Å². The summed E-state index contributed by atoms with van der Waals surface area (Å²) < 4.78 is 5.81. The van der Waals surface area contributed by atoms with E-state index >= 15 is 0 Å². The van der Waals surface area contributed by atoms with Crippen LogP contribution in [0.2, 0.25) is 0 Å². The van der Waals surface area contributed by atoms with Crippen molar-refractivity contribution < 1.29 is 4.74 Å². The number of guanidine groups is 1. The average molecular weight is 498 g/mol. The molecule has 0 aliphatic carbocycles. The largest absolute Gasteiger partial charge is 0.374 e. The minimum absolute atomic E-state index is 0. The number of nitrogens with one attached hydrogen (secondary N) is 2. The van der Waals surface area contributed by atoms with Crippen LogP contribution in [0.5, 0.6) is 0 Å². The molecular formula is C20H31IN6O. The summed E-state index contributed by atoms with van der Waals surface area (Å²) in [5.41, 5.74) is 2.16. The first kappa shape index (κ1) is 22.6. The molecule has 154 valence electrons. The van der Waals surface area contributed by atoms with Crippen LogP contribution in [-0.4, -0.2) is 78.7 Å². The maximum Gasteiger partial charge on any atom is 0.194 e. The number of hydrogen-bond acceptors (Lipinski definition) is 4. The number of aliphatic imine (C=N–C) groups is 1. The molecular weight excluding hydrogens is 467 g/mol. The average Bonchev–Trinajstić information content (AvgIpc) is 3.14. The van der Waals surface area contributed by atoms with E-state index in [1.54, 1.807) is 0 Å². The number of halogens is 1. The predicted octanol–water partition coefficient (Wildman–Crippen LogP) is 2.42. The van der Waals surface area contributed by atoms with E-state index in [1.165, 1.54) is 0 Å². The van der Waals surface area contributed by atoms with Crippen molar-refractivity contribution in [2.24, 2.45) is 4.99 Å². The molecule has 1 saturated heterocycles. The molecule has 0 radical (unpaired) electrons. The summed E-state index contributed by atoms with van der Waals surface area (Å²) in [5.74, 6) is 1.78. The zero-order valence-electron chi connectivity index (χ0n) is 16.9. The molecule has 8 heteroatoms. The summed E-state index contributed by atoms with van der Waals surface area (Å²) in [5, 5.41) is 3.36. The minimum atomic E-state index is 0. The number of aromatic amines is 1. The van der Waals surface area contributed by atoms with Crippen molar-refractivity contribution in [2.75, 3.05) is 46.9 Å². The van der Waals surface area contributed by atoms with E-state index < -0.39 is 0 Å². The third kappa shape index (κ3) is 6.46. The molecule has 1 atom stereocenters. The zero-order chi connectivity index (χ0) is 19.1. The molecule has 1 aliphatic rings. The zero-order valence-corrected chi connectivity index (χ0v) is 19.2. The monoisotopic (exact) mass is 498 g/mol. The van der Waals surface area contributed by atoms with Gasteiger partial charge in [0.15, 0.2) is 5.96 Å². The summed E-state index contributed by atoms with van der Waals surface area (Å²) in [7, 11) is 4.15. The third-order valence-corrected chi connectivity index (χ3v) is 4.58. The van der Waals surface area contributed by atoms with Crippen molar-refractivity contribution in [3.8, 4) is 11.3 Å². The van der Waals surface area contributed by atoms with Crippen LogP contribution in [0.4, 0.5) is 0 Å². The van der Waals surface area contributed by atoms with Crippen molar-refractivity contribution in [2.45, 2.75) is 19.6 Å². The smallest absolute Gasteiger partial charge is 0.194 e. The van der Waals surface area contributed by atoms with E-state index in [1.807, 2.05) is 31.4 Å². The Balaban J connectivity index is 0.00000280. The lowest BCUT2D eigenvalue weighted by atomic mass is 10.2. The van der Waals surface area contributed by atoms with Gasteiger partial charge < -0.3 is 24.8 Å². The Bertz CT molecular complexity index is 735. The molecule has 1 unspecified atom stereocenters. The highest BCUT2D eigenvalue weighted by Gasteiger charge is 2.18. The lowest BCUT2D eigenvalue weighted by molar-refractivity contribution is -0.0137. The van der Waals surface area contributed by atoms with Crippen molar-refractivity contribution in [1.82, 2.24) is 25.1 Å². The number of likely N-dealkylation sites (N-methyl/N-ethyl adjacent to an activating group) is 1. The van der Waals surface area contributed by atoms with Gasteiger partial charge >= 0.3 is 0 Å². The normalized spacial score (nSPS) is 17.8. The molecule has 1 fully saturated rings. The highest BCUT2D eigenvalue weighted by atomic mass is 127. The molecule has 1 aliphatic heterocycles. The van der Waals surface area contributed by atoms with Crippen LogP contribution in [0.15, 0.2) is 41.5 Å². The number of benzene rings is 1. The molecule has 0 saturated carbocycles. The van der Waals surface area contributed by atoms with Gasteiger partial charge in [-0.1, -0.05) is 30.3 Å². The van der Waals surface area contributed by atoms with Crippen LogP contribution in [0.25, 0.3) is 11.3 Å². The first-order valence-electron chi connectivity index (χ1n) is 9.54. The Hall–Kier alpha value is -1.65. The van der Waals surface area contributed by atoms with Crippen molar-refractivity contribution in [3.63, 3.8) is 0 Å². The second-order valence-electron chi connectivity index (χ2n) is 6.92. The molecule has 3 rings (SSSR count). The molecule has 1 aromatic heterocycles. The summed E-state index contributed by atoms with van der Waals surface area (Å²) in [6.45, 7) is 6.90. The van der Waals surface area contributed by atoms with E-state index in [-0.39, 0.29) is 30.1 Å². The number of nitrogens with zero attached hydrogens (tertiary/aromatic N) is 4. The first-order valence-corrected chi connectivity index (χ1v) is 9.54. The van der Waals surface area contributed by atoms with E-state index in [0.29, 0.717) is 13.1 Å². The number of aromatic nitrogens is 2. The fourth-order valence-corrected chi connectivity index (χ4v) is 3.14. The van der Waals surface area contributed by atoms with Gasteiger partial charge in [-0.05, 0) is 19.5 Å². The van der Waals surface area contributed by atoms with Gasteiger partial charge in [-0.15, -0.1) is 24.0 Å². The van der Waals surface area contributed by atoms with Crippen LogP contribution in [0.1, 0.15) is 12.7 Å². The highest BCUT2D eigenvalue weighted by Crippen LogP contribution is 2.16. The number of hydrogen-bond donors (Lipinski definition) is 2. The molecule has 0 bridgehead atoms. The van der Waals surface area contributed by atoms with Crippen LogP contribution in [-0.2, 0) is 11.3 Å². The Morgan fingerprint density at radius 1 is 1.39 bits per heavy atom. The second-order valence-corrected chi connectivity index (χ2v) is 6.92. The van der Waals surface area contributed by atoms with Gasteiger partial charge in [0.25, 0.3) is 0 Å². The number of rotatable bonds is 6. The van der Waals surface area contributed by atoms with Crippen LogP contribution in [0.3, 0.4) is 0 Å². The van der Waals surface area contributed by atoms with E-state index in [9.17, 15) is 0 Å². The Morgan fingerprint density at radius 3 is 2.89 bits per heavy atom. The quantitative estimate of drug-likeness (QED) is 0.364. The summed E-state index contributed by atoms with van der Waals surface area (Å²) in [4.78, 5) is 17.1. The lowest BCUT2D eigenvalue weighted by Gasteiger charge is -2.29. The fourth-order valence-electron chi connectivity index (χ4n) is 3.14. The number of H-pyrrole nitrogens is 1. The SMILES string of the molecule is CCNC(=NCC1CN(C)CCO1)N(C)Cc1ncc(-c2ccccc2)[nH]1.I. The van der Waals surface area contributed by atoms with Crippen LogP contribution < -0.4 is 5.32 Å². The highest BCUT2D eigenvalue weighted by molar-refractivity contribution is 14.0. The molecule has 2 aromatic rings. The van der Waals surface area contributed by atoms with Gasteiger partial charge in [0, 0.05) is 26.7 Å². The van der Waals surface area contributed by atoms with Gasteiger partial charge in [0.05, 0.1) is 37.7 Å². The number of morpholine rings is 1. The molecule has 1 aromatic carbocycles. The van der Waals surface area contributed by atoms with Gasteiger partial charge in [0.2, 0.25) is 0 Å². The molecule has 0 spiro atoms. The molecule has 2 N–H and O–H groups in total. The van der Waals surface area contributed by atoms with Crippen molar-refractivity contribution in [3.05, 3.63) is 42.4 Å². The van der Waals surface area contributed by atoms with Crippen LogP contribution in [0, 0.1) is 0 Å². The standard InChI is InChI=1S/C20H30N6O.HI/c1-4-21-20(23-12-17-14-25(2)10-11-27-17)26(3)15-19-22-13-18(24-19)16-8-6-5-7-9-16;/h5-9,13,17H,4,10-12,14-15H2,1-3H3,(H,21,23)(H,22,24);1H. The molecule has 28 heavy (non-hydrogen) atoms. The van der Waals surface area contributed by atoms with Gasteiger partial charge in [0.1, 0.15) is 5.82 Å². The lowest BCUT2D eigenvalue weighted by Crippen LogP contribution is -2.43. The molecule has 0 amide bonds. The Labute approximate surface area is 184 Å².